The van der Waals surface area contributed by atoms with Gasteiger partial charge in [-0.25, -0.2) is 0 Å². The Hall–Kier alpha value is -0.850. The molecule has 1 saturated heterocycles. The van der Waals surface area contributed by atoms with E-state index in [1.54, 1.807) is 0 Å². The molecule has 1 rings (SSSR count). The van der Waals surface area contributed by atoms with E-state index >= 15 is 0 Å². The van der Waals surface area contributed by atoms with E-state index < -0.39 is 11.9 Å². The summed E-state index contributed by atoms with van der Waals surface area (Å²) in [5, 5.41) is 5.78. The summed E-state index contributed by atoms with van der Waals surface area (Å²) in [6.07, 6.45) is 0.133. The number of carbonyl (C=O) groups excluding carboxylic acids is 2. The number of rotatable bonds is 5. The van der Waals surface area contributed by atoms with E-state index in [0.29, 0.717) is 13.2 Å². The highest BCUT2D eigenvalue weighted by atomic mass is 35.5. The van der Waals surface area contributed by atoms with Crippen LogP contribution in [0.3, 0.4) is 0 Å². The Balaban J connectivity index is 0.00000289. The van der Waals surface area contributed by atoms with Crippen molar-refractivity contribution in [3.63, 3.8) is 0 Å². The number of hydrogen-bond acceptors (Lipinski definition) is 4. The molecule has 0 saturated carbocycles. The highest BCUT2D eigenvalue weighted by Crippen LogP contribution is 2.04. The summed E-state index contributed by atoms with van der Waals surface area (Å²) in [4.78, 5) is 22.8. The number of primary amides is 1. The molecular weight excluding hydrogens is 258 g/mol. The van der Waals surface area contributed by atoms with E-state index in [1.165, 1.54) is 0 Å². The lowest BCUT2D eigenvalue weighted by Gasteiger charge is -2.24. The molecule has 106 valence electrons. The summed E-state index contributed by atoms with van der Waals surface area (Å²) in [6.45, 7) is 5.77. The molecule has 1 heterocycles. The Kier molecular flexibility index (Phi) is 7.90. The fourth-order valence-corrected chi connectivity index (χ4v) is 1.76. The monoisotopic (exact) mass is 279 g/mol. The first-order chi connectivity index (χ1) is 8.00. The van der Waals surface area contributed by atoms with E-state index in [-0.39, 0.29) is 36.8 Å². The third-order valence-electron chi connectivity index (χ3n) is 2.71. The largest absolute Gasteiger partial charge is 0.375 e. The van der Waals surface area contributed by atoms with Crippen molar-refractivity contribution >= 4 is 24.2 Å². The zero-order valence-corrected chi connectivity index (χ0v) is 11.6. The summed E-state index contributed by atoms with van der Waals surface area (Å²) in [5.74, 6) is -0.714. The second kappa shape index (κ2) is 8.29. The van der Waals surface area contributed by atoms with E-state index in [9.17, 15) is 9.59 Å². The number of amides is 2. The number of nitrogens with two attached hydrogens (primary N) is 1. The number of carbonyl (C=O) groups is 2. The predicted octanol–water partition coefficient (Wildman–Crippen LogP) is -0.587. The van der Waals surface area contributed by atoms with Gasteiger partial charge < -0.3 is 21.1 Å². The van der Waals surface area contributed by atoms with Gasteiger partial charge in [0, 0.05) is 13.1 Å². The Morgan fingerprint density at radius 2 is 2.17 bits per heavy atom. The zero-order valence-electron chi connectivity index (χ0n) is 10.8. The molecule has 0 aliphatic carbocycles. The molecule has 0 aromatic carbocycles. The van der Waals surface area contributed by atoms with Gasteiger partial charge in [0.1, 0.15) is 6.04 Å². The van der Waals surface area contributed by atoms with Crippen LogP contribution in [0.15, 0.2) is 0 Å². The van der Waals surface area contributed by atoms with Crippen molar-refractivity contribution in [1.29, 1.82) is 0 Å². The highest BCUT2D eigenvalue weighted by Gasteiger charge is 2.24. The van der Waals surface area contributed by atoms with E-state index in [0.717, 1.165) is 6.54 Å². The minimum Gasteiger partial charge on any atom is -0.375 e. The molecule has 1 aliphatic heterocycles. The smallest absolute Gasteiger partial charge is 0.240 e. The quantitative estimate of drug-likeness (QED) is 0.627. The van der Waals surface area contributed by atoms with Crippen LogP contribution in [-0.2, 0) is 14.3 Å². The van der Waals surface area contributed by atoms with E-state index in [1.807, 2.05) is 13.8 Å². The van der Waals surface area contributed by atoms with Gasteiger partial charge in [0.15, 0.2) is 0 Å². The zero-order chi connectivity index (χ0) is 12.8. The molecule has 0 aromatic rings. The maximum absolute atomic E-state index is 11.7. The molecule has 0 radical (unpaired) electrons. The highest BCUT2D eigenvalue weighted by molar-refractivity contribution is 5.86. The first kappa shape index (κ1) is 17.2. The van der Waals surface area contributed by atoms with Crippen LogP contribution >= 0.6 is 12.4 Å². The molecular formula is C11H22ClN3O3. The van der Waals surface area contributed by atoms with Crippen LogP contribution in [0.25, 0.3) is 0 Å². The Labute approximate surface area is 113 Å². The van der Waals surface area contributed by atoms with Crippen molar-refractivity contribution in [2.24, 2.45) is 11.7 Å². The SMILES string of the molecule is CC(C)C(NC(=O)CC1CNCCO1)C(N)=O.Cl. The van der Waals surface area contributed by atoms with Crippen LogP contribution < -0.4 is 16.4 Å². The Morgan fingerprint density at radius 3 is 2.61 bits per heavy atom. The summed E-state index contributed by atoms with van der Waals surface area (Å²) < 4.78 is 5.41. The van der Waals surface area contributed by atoms with E-state index in [2.05, 4.69) is 10.6 Å². The first-order valence-electron chi connectivity index (χ1n) is 5.91. The maximum atomic E-state index is 11.7. The number of ether oxygens (including phenoxy) is 1. The predicted molar refractivity (Wildman–Crippen MR) is 70.4 cm³/mol. The van der Waals surface area contributed by atoms with Crippen molar-refractivity contribution in [3.05, 3.63) is 0 Å². The van der Waals surface area contributed by atoms with Crippen LogP contribution in [0.5, 0.6) is 0 Å². The molecule has 4 N–H and O–H groups in total. The van der Waals surface area contributed by atoms with Crippen LogP contribution in [0.1, 0.15) is 20.3 Å². The van der Waals surface area contributed by atoms with Crippen molar-refractivity contribution in [2.75, 3.05) is 19.7 Å². The lowest BCUT2D eigenvalue weighted by molar-refractivity contribution is -0.130. The Morgan fingerprint density at radius 1 is 1.50 bits per heavy atom. The molecule has 1 aliphatic rings. The first-order valence-corrected chi connectivity index (χ1v) is 5.91. The van der Waals surface area contributed by atoms with Crippen molar-refractivity contribution in [2.45, 2.75) is 32.4 Å². The lowest BCUT2D eigenvalue weighted by Crippen LogP contribution is -2.49. The third kappa shape index (κ3) is 5.66. The van der Waals surface area contributed by atoms with Gasteiger partial charge in [-0.3, -0.25) is 9.59 Å². The van der Waals surface area contributed by atoms with Gasteiger partial charge in [-0.05, 0) is 5.92 Å². The number of hydrogen-bond donors (Lipinski definition) is 3. The molecule has 18 heavy (non-hydrogen) atoms. The lowest BCUT2D eigenvalue weighted by atomic mass is 10.0. The third-order valence-corrected chi connectivity index (χ3v) is 2.71. The van der Waals surface area contributed by atoms with Gasteiger partial charge >= 0.3 is 0 Å². The standard InChI is InChI=1S/C11H21N3O3.ClH/c1-7(2)10(11(12)16)14-9(15)5-8-6-13-3-4-17-8;/h7-8,10,13H,3-6H2,1-2H3,(H2,12,16)(H,14,15);1H. The number of halogens is 1. The van der Waals surface area contributed by atoms with Gasteiger partial charge in [0.05, 0.1) is 19.1 Å². The summed E-state index contributed by atoms with van der Waals surface area (Å²) in [6, 6.07) is -0.612. The summed E-state index contributed by atoms with van der Waals surface area (Å²) in [7, 11) is 0. The van der Waals surface area contributed by atoms with Gasteiger partial charge in [-0.15, -0.1) is 12.4 Å². The molecule has 2 unspecified atom stereocenters. The maximum Gasteiger partial charge on any atom is 0.240 e. The average Bonchev–Trinajstić information content (AvgIpc) is 2.26. The minimum absolute atomic E-state index is 0. The summed E-state index contributed by atoms with van der Waals surface area (Å²) >= 11 is 0. The molecule has 0 aromatic heterocycles. The fourth-order valence-electron chi connectivity index (χ4n) is 1.76. The molecule has 2 amide bonds. The van der Waals surface area contributed by atoms with Crippen molar-refractivity contribution in [3.8, 4) is 0 Å². The molecule has 2 atom stereocenters. The van der Waals surface area contributed by atoms with Gasteiger partial charge in [0.25, 0.3) is 0 Å². The average molecular weight is 280 g/mol. The second-order valence-corrected chi connectivity index (χ2v) is 4.59. The molecule has 0 bridgehead atoms. The number of morpholine rings is 1. The molecule has 1 fully saturated rings. The fraction of sp³-hybridized carbons (Fsp3) is 0.818. The second-order valence-electron chi connectivity index (χ2n) is 4.59. The van der Waals surface area contributed by atoms with Crippen molar-refractivity contribution in [1.82, 2.24) is 10.6 Å². The Bertz CT molecular complexity index is 281. The minimum atomic E-state index is -0.612. The van der Waals surface area contributed by atoms with Gasteiger partial charge in [-0.1, -0.05) is 13.8 Å². The molecule has 6 nitrogen and oxygen atoms in total. The van der Waals surface area contributed by atoms with E-state index in [4.69, 9.17) is 10.5 Å². The van der Waals surface area contributed by atoms with Crippen LogP contribution in [0, 0.1) is 5.92 Å². The number of nitrogens with one attached hydrogen (secondary N) is 2. The van der Waals surface area contributed by atoms with Crippen molar-refractivity contribution < 1.29 is 14.3 Å². The normalized spacial score (nSPS) is 20.9. The topological polar surface area (TPSA) is 93.4 Å². The molecule has 7 heteroatoms. The summed E-state index contributed by atoms with van der Waals surface area (Å²) in [5.41, 5.74) is 5.22. The van der Waals surface area contributed by atoms with Gasteiger partial charge in [-0.2, -0.15) is 0 Å². The van der Waals surface area contributed by atoms with Crippen LogP contribution in [0.2, 0.25) is 0 Å². The van der Waals surface area contributed by atoms with Crippen LogP contribution in [-0.4, -0.2) is 43.7 Å². The van der Waals surface area contributed by atoms with Crippen LogP contribution in [0.4, 0.5) is 0 Å². The van der Waals surface area contributed by atoms with Gasteiger partial charge in [0.2, 0.25) is 11.8 Å². The molecule has 0 spiro atoms.